The molecule has 0 aliphatic heterocycles. The van der Waals surface area contributed by atoms with Gasteiger partial charge in [-0.3, -0.25) is 4.68 Å². The molecule has 14 heavy (non-hydrogen) atoms. The van der Waals surface area contributed by atoms with E-state index in [1.807, 2.05) is 6.92 Å². The van der Waals surface area contributed by atoms with Gasteiger partial charge in [0.05, 0.1) is 5.69 Å². The van der Waals surface area contributed by atoms with Gasteiger partial charge in [0.2, 0.25) is 0 Å². The fraction of sp³-hybridized carbons (Fsp3) is 0.625. The van der Waals surface area contributed by atoms with Crippen LogP contribution in [0.1, 0.15) is 25.1 Å². The van der Waals surface area contributed by atoms with Crippen LogP contribution in [0.2, 0.25) is 0 Å². The third-order valence-electron chi connectivity index (χ3n) is 1.78. The van der Waals surface area contributed by atoms with Crippen molar-refractivity contribution in [3.63, 3.8) is 0 Å². The maximum atomic E-state index is 12.1. The second-order valence-corrected chi connectivity index (χ2v) is 2.92. The summed E-state index contributed by atoms with van der Waals surface area (Å²) in [5, 5.41) is 12.7. The van der Waals surface area contributed by atoms with Crippen LogP contribution >= 0.6 is 0 Å². The van der Waals surface area contributed by atoms with Crippen LogP contribution in [-0.2, 0) is 6.54 Å². The van der Waals surface area contributed by atoms with Gasteiger partial charge in [0.1, 0.15) is 0 Å². The molecule has 1 N–H and O–H groups in total. The van der Waals surface area contributed by atoms with E-state index < -0.39 is 12.3 Å². The fourth-order valence-electron chi connectivity index (χ4n) is 1.14. The number of aromatic nitrogens is 2. The number of alkyl halides is 3. The first-order valence-electron chi connectivity index (χ1n) is 4.23. The minimum absolute atomic E-state index is 0.209. The zero-order chi connectivity index (χ0) is 10.8. The molecule has 0 saturated heterocycles. The maximum Gasteiger partial charge on any atom is 0.420 e. The van der Waals surface area contributed by atoms with Gasteiger partial charge in [0.15, 0.2) is 6.10 Å². The molecule has 0 amide bonds. The Labute approximate surface area is 79.2 Å². The number of aryl methyl sites for hydroxylation is 1. The summed E-state index contributed by atoms with van der Waals surface area (Å²) in [6.45, 7) is 2.20. The summed E-state index contributed by atoms with van der Waals surface area (Å²) >= 11 is 0. The Bertz CT molecular complexity index is 295. The standard InChI is InChI=1S/C8H11F3N2O/c1-2-5-13-6(3-4-12-13)7(14)8(9,10)11/h3-4,7,14H,2,5H2,1H3/t7-/m1/s1. The molecular formula is C8H11F3N2O. The van der Waals surface area contributed by atoms with Gasteiger partial charge in [-0.15, -0.1) is 0 Å². The Balaban J connectivity index is 2.89. The minimum Gasteiger partial charge on any atom is -0.378 e. The smallest absolute Gasteiger partial charge is 0.378 e. The lowest BCUT2D eigenvalue weighted by molar-refractivity contribution is -0.208. The molecule has 1 aromatic heterocycles. The third kappa shape index (κ3) is 2.25. The number of rotatable bonds is 3. The first-order valence-corrected chi connectivity index (χ1v) is 4.23. The topological polar surface area (TPSA) is 38.0 Å². The van der Waals surface area contributed by atoms with Crippen LogP contribution < -0.4 is 0 Å². The molecular weight excluding hydrogens is 197 g/mol. The van der Waals surface area contributed by atoms with Crippen molar-refractivity contribution in [2.24, 2.45) is 0 Å². The molecule has 80 valence electrons. The van der Waals surface area contributed by atoms with Crippen LogP contribution in [0.15, 0.2) is 12.3 Å². The largest absolute Gasteiger partial charge is 0.420 e. The number of hydrogen-bond acceptors (Lipinski definition) is 2. The number of aliphatic hydroxyl groups is 1. The quantitative estimate of drug-likeness (QED) is 0.823. The van der Waals surface area contributed by atoms with Crippen LogP contribution in [0.3, 0.4) is 0 Å². The monoisotopic (exact) mass is 208 g/mol. The average Bonchev–Trinajstić information content (AvgIpc) is 2.50. The van der Waals surface area contributed by atoms with E-state index in [0.29, 0.717) is 13.0 Å². The molecule has 0 spiro atoms. The van der Waals surface area contributed by atoms with E-state index in [-0.39, 0.29) is 5.69 Å². The number of halogens is 3. The molecule has 1 atom stereocenters. The van der Waals surface area contributed by atoms with E-state index >= 15 is 0 Å². The highest BCUT2D eigenvalue weighted by molar-refractivity contribution is 5.06. The second-order valence-electron chi connectivity index (χ2n) is 2.92. The zero-order valence-corrected chi connectivity index (χ0v) is 7.62. The predicted molar refractivity (Wildman–Crippen MR) is 43.5 cm³/mol. The third-order valence-corrected chi connectivity index (χ3v) is 1.78. The highest BCUT2D eigenvalue weighted by atomic mass is 19.4. The Morgan fingerprint density at radius 3 is 2.71 bits per heavy atom. The summed E-state index contributed by atoms with van der Waals surface area (Å²) in [7, 11) is 0. The number of nitrogens with zero attached hydrogens (tertiary/aromatic N) is 2. The van der Waals surface area contributed by atoms with Crippen LogP contribution in [0, 0.1) is 0 Å². The molecule has 0 saturated carbocycles. The lowest BCUT2D eigenvalue weighted by Crippen LogP contribution is -2.23. The highest BCUT2D eigenvalue weighted by Crippen LogP contribution is 2.32. The van der Waals surface area contributed by atoms with Gasteiger partial charge >= 0.3 is 6.18 Å². The number of aliphatic hydroxyl groups excluding tert-OH is 1. The lowest BCUT2D eigenvalue weighted by Gasteiger charge is -2.15. The molecule has 0 bridgehead atoms. The molecule has 6 heteroatoms. The SMILES string of the molecule is CCCn1nccc1[C@@H](O)C(F)(F)F. The van der Waals surface area contributed by atoms with E-state index in [9.17, 15) is 13.2 Å². The zero-order valence-electron chi connectivity index (χ0n) is 7.62. The van der Waals surface area contributed by atoms with Gasteiger partial charge in [0.25, 0.3) is 0 Å². The van der Waals surface area contributed by atoms with Gasteiger partial charge in [-0.05, 0) is 12.5 Å². The summed E-state index contributed by atoms with van der Waals surface area (Å²) in [5.41, 5.74) is -0.209. The van der Waals surface area contributed by atoms with E-state index in [4.69, 9.17) is 5.11 Å². The van der Waals surface area contributed by atoms with Crippen LogP contribution in [0.4, 0.5) is 13.2 Å². The summed E-state index contributed by atoms with van der Waals surface area (Å²) in [6, 6.07) is 1.17. The minimum atomic E-state index is -4.63. The summed E-state index contributed by atoms with van der Waals surface area (Å²) in [6.07, 6.45) is -5.17. The predicted octanol–water partition coefficient (Wildman–Crippen LogP) is 1.89. The van der Waals surface area contributed by atoms with Crippen molar-refractivity contribution < 1.29 is 18.3 Å². The Morgan fingerprint density at radius 1 is 1.57 bits per heavy atom. The Kier molecular flexibility index (Phi) is 3.15. The van der Waals surface area contributed by atoms with E-state index in [1.54, 1.807) is 0 Å². The Hall–Kier alpha value is -1.04. The van der Waals surface area contributed by atoms with Crippen molar-refractivity contribution in [3.8, 4) is 0 Å². The fourth-order valence-corrected chi connectivity index (χ4v) is 1.14. The molecule has 1 heterocycles. The van der Waals surface area contributed by atoms with Crippen molar-refractivity contribution in [2.75, 3.05) is 0 Å². The van der Waals surface area contributed by atoms with Crippen molar-refractivity contribution in [3.05, 3.63) is 18.0 Å². The molecule has 0 unspecified atom stereocenters. The molecule has 0 aromatic carbocycles. The van der Waals surface area contributed by atoms with Gasteiger partial charge in [-0.2, -0.15) is 18.3 Å². The van der Waals surface area contributed by atoms with E-state index in [0.717, 1.165) is 4.68 Å². The molecule has 0 fully saturated rings. The molecule has 0 aliphatic carbocycles. The van der Waals surface area contributed by atoms with Gasteiger partial charge in [-0.1, -0.05) is 6.92 Å². The van der Waals surface area contributed by atoms with Crippen LogP contribution in [0.5, 0.6) is 0 Å². The van der Waals surface area contributed by atoms with E-state index in [1.165, 1.54) is 12.3 Å². The Morgan fingerprint density at radius 2 is 2.21 bits per heavy atom. The van der Waals surface area contributed by atoms with Gasteiger partial charge in [0, 0.05) is 12.7 Å². The highest BCUT2D eigenvalue weighted by Gasteiger charge is 2.41. The summed E-state index contributed by atoms with van der Waals surface area (Å²) in [5.74, 6) is 0. The maximum absolute atomic E-state index is 12.1. The van der Waals surface area contributed by atoms with Crippen molar-refractivity contribution in [1.29, 1.82) is 0 Å². The normalized spacial score (nSPS) is 14.4. The molecule has 3 nitrogen and oxygen atoms in total. The summed E-state index contributed by atoms with van der Waals surface area (Å²) in [4.78, 5) is 0. The molecule has 1 rings (SSSR count). The van der Waals surface area contributed by atoms with Crippen molar-refractivity contribution in [1.82, 2.24) is 9.78 Å². The lowest BCUT2D eigenvalue weighted by atomic mass is 10.2. The average molecular weight is 208 g/mol. The molecule has 0 aliphatic rings. The van der Waals surface area contributed by atoms with Crippen LogP contribution in [-0.4, -0.2) is 21.1 Å². The van der Waals surface area contributed by atoms with Crippen molar-refractivity contribution >= 4 is 0 Å². The summed E-state index contributed by atoms with van der Waals surface area (Å²) < 4.78 is 37.6. The first kappa shape index (κ1) is 11.0. The van der Waals surface area contributed by atoms with E-state index in [2.05, 4.69) is 5.10 Å². The first-order chi connectivity index (χ1) is 6.46. The molecule has 0 radical (unpaired) electrons. The number of hydrogen-bond donors (Lipinski definition) is 1. The molecule has 1 aromatic rings. The van der Waals surface area contributed by atoms with Crippen LogP contribution in [0.25, 0.3) is 0 Å². The van der Waals surface area contributed by atoms with Gasteiger partial charge < -0.3 is 5.11 Å². The van der Waals surface area contributed by atoms with Crippen molar-refractivity contribution in [2.45, 2.75) is 32.2 Å². The second kappa shape index (κ2) is 4.00. The van der Waals surface area contributed by atoms with Gasteiger partial charge in [-0.25, -0.2) is 0 Å².